The van der Waals surface area contributed by atoms with Crippen molar-refractivity contribution in [1.82, 2.24) is 0 Å². The number of phosphoric acid groups is 2. The van der Waals surface area contributed by atoms with E-state index in [1.807, 2.05) is 0 Å². The lowest BCUT2D eigenvalue weighted by atomic mass is 10.0. The Morgan fingerprint density at radius 1 is 0.275 bits per heavy atom. The highest BCUT2D eigenvalue weighted by Crippen LogP contribution is 2.45. The van der Waals surface area contributed by atoms with Gasteiger partial charge in [-0.25, -0.2) is 9.13 Å². The van der Waals surface area contributed by atoms with Crippen LogP contribution in [0.25, 0.3) is 0 Å². The molecule has 0 aromatic rings. The van der Waals surface area contributed by atoms with Gasteiger partial charge in [0.25, 0.3) is 0 Å². The van der Waals surface area contributed by atoms with E-state index in [-0.39, 0.29) is 25.7 Å². The lowest BCUT2D eigenvalue weighted by molar-refractivity contribution is -0.161. The van der Waals surface area contributed by atoms with Gasteiger partial charge in [0, 0.05) is 25.7 Å². The average Bonchev–Trinajstić information content (AvgIpc) is 3.69. The van der Waals surface area contributed by atoms with Gasteiger partial charge in [-0.3, -0.25) is 37.3 Å². The Balaban J connectivity index is 5.10. The van der Waals surface area contributed by atoms with E-state index in [1.165, 1.54) is 161 Å². The second-order valence-electron chi connectivity index (χ2n) is 27.9. The van der Waals surface area contributed by atoms with E-state index in [0.29, 0.717) is 37.5 Å². The minimum Gasteiger partial charge on any atom is -0.462 e. The number of hydrogen-bond acceptors (Lipinski definition) is 15. The molecule has 0 bridgehead atoms. The fraction of sp³-hybridized carbons (Fsp3) is 0.944. The first kappa shape index (κ1) is 89.1. The standard InChI is InChI=1S/C72H140O17P2/c1-62(2)48-40-32-24-19-17-15-13-11-9-10-12-14-16-18-20-27-36-44-52-69(74)82-59-68(89-72(77)55-47-39-31-30-35-43-51-65(7)8)61-87-91(80,81)85-57-66(73)56-84-90(78,79)86-60-67(88-71(76)54-46-38-29-23-26-34-42-50-64(5)6)58-83-70(75)53-45-37-28-22-21-25-33-41-49-63(3)4/h62-68,73H,9-61H2,1-8H3,(H,78,79)(H,80,81)/t66?,67-,68-/m1/s1. The Hall–Kier alpha value is -1.94. The molecule has 0 aromatic carbocycles. The lowest BCUT2D eigenvalue weighted by Gasteiger charge is -2.21. The molecular weight excluding hydrogens is 1200 g/mol. The van der Waals surface area contributed by atoms with E-state index in [0.717, 1.165) is 102 Å². The van der Waals surface area contributed by atoms with Crippen LogP contribution >= 0.6 is 15.6 Å². The van der Waals surface area contributed by atoms with Crippen LogP contribution in [0, 0.1) is 23.7 Å². The summed E-state index contributed by atoms with van der Waals surface area (Å²) >= 11 is 0. The lowest BCUT2D eigenvalue weighted by Crippen LogP contribution is -2.30. The predicted molar refractivity (Wildman–Crippen MR) is 367 cm³/mol. The number of aliphatic hydroxyl groups is 1. The van der Waals surface area contributed by atoms with Crippen molar-refractivity contribution in [2.75, 3.05) is 39.6 Å². The van der Waals surface area contributed by atoms with Crippen LogP contribution in [0.2, 0.25) is 0 Å². The van der Waals surface area contributed by atoms with Gasteiger partial charge >= 0.3 is 39.5 Å². The third-order valence-electron chi connectivity index (χ3n) is 16.6. The first-order valence-electron chi connectivity index (χ1n) is 37.2. The van der Waals surface area contributed by atoms with Gasteiger partial charge in [0.2, 0.25) is 0 Å². The molecule has 0 amide bonds. The maximum atomic E-state index is 13.0. The highest BCUT2D eigenvalue weighted by Gasteiger charge is 2.30. The topological polar surface area (TPSA) is 237 Å². The number of unbranched alkanes of at least 4 members (excludes halogenated alkanes) is 35. The molecule has 0 fully saturated rings. The molecule has 0 saturated carbocycles. The van der Waals surface area contributed by atoms with E-state index >= 15 is 0 Å². The molecule has 0 aliphatic heterocycles. The Kier molecular flexibility index (Phi) is 60.3. The third-order valence-corrected chi connectivity index (χ3v) is 18.5. The van der Waals surface area contributed by atoms with Gasteiger partial charge in [0.15, 0.2) is 12.2 Å². The van der Waals surface area contributed by atoms with Gasteiger partial charge in [-0.2, -0.15) is 0 Å². The Morgan fingerprint density at radius 2 is 0.462 bits per heavy atom. The van der Waals surface area contributed by atoms with Crippen LogP contribution in [0.3, 0.4) is 0 Å². The van der Waals surface area contributed by atoms with Crippen molar-refractivity contribution >= 4 is 39.5 Å². The summed E-state index contributed by atoms with van der Waals surface area (Å²) in [6, 6.07) is 0. The molecule has 0 aliphatic carbocycles. The van der Waals surface area contributed by atoms with Crippen LogP contribution in [0.1, 0.15) is 357 Å². The molecule has 0 radical (unpaired) electrons. The minimum absolute atomic E-state index is 0.102. The van der Waals surface area contributed by atoms with Gasteiger partial charge < -0.3 is 33.8 Å². The molecular formula is C72H140O17P2. The molecule has 0 spiro atoms. The number of hydrogen-bond donors (Lipinski definition) is 3. The summed E-state index contributed by atoms with van der Waals surface area (Å²) in [6.07, 6.45) is 45.0. The Morgan fingerprint density at radius 3 is 0.681 bits per heavy atom. The highest BCUT2D eigenvalue weighted by atomic mass is 31.2. The molecule has 540 valence electrons. The Bertz CT molecular complexity index is 1800. The van der Waals surface area contributed by atoms with Crippen molar-refractivity contribution in [3.63, 3.8) is 0 Å². The number of carbonyl (C=O) groups excluding carboxylic acids is 4. The summed E-state index contributed by atoms with van der Waals surface area (Å²) in [5.74, 6) is 0.779. The summed E-state index contributed by atoms with van der Waals surface area (Å²) in [5.41, 5.74) is 0. The molecule has 5 atom stereocenters. The normalized spacial score (nSPS) is 14.2. The van der Waals surface area contributed by atoms with Crippen molar-refractivity contribution < 1.29 is 80.2 Å². The number of phosphoric ester groups is 2. The number of rotatable bonds is 69. The van der Waals surface area contributed by atoms with Crippen molar-refractivity contribution in [2.45, 2.75) is 375 Å². The van der Waals surface area contributed by atoms with Gasteiger partial charge in [-0.05, 0) is 49.4 Å². The summed E-state index contributed by atoms with van der Waals surface area (Å²) in [5, 5.41) is 10.6. The fourth-order valence-corrected chi connectivity index (χ4v) is 12.4. The molecule has 0 aliphatic rings. The van der Waals surface area contributed by atoms with E-state index in [2.05, 4.69) is 55.4 Å². The maximum absolute atomic E-state index is 13.0. The van der Waals surface area contributed by atoms with Crippen LogP contribution < -0.4 is 0 Å². The highest BCUT2D eigenvalue weighted by molar-refractivity contribution is 7.47. The Labute approximate surface area is 556 Å². The first-order chi connectivity index (χ1) is 43.6. The zero-order valence-electron chi connectivity index (χ0n) is 59.5. The number of esters is 4. The molecule has 17 nitrogen and oxygen atoms in total. The van der Waals surface area contributed by atoms with Gasteiger partial charge in [-0.15, -0.1) is 0 Å². The third kappa shape index (κ3) is 66.5. The summed E-state index contributed by atoms with van der Waals surface area (Å²) in [4.78, 5) is 72.5. The quantitative estimate of drug-likeness (QED) is 0.0222. The molecule has 0 saturated heterocycles. The zero-order valence-corrected chi connectivity index (χ0v) is 61.3. The fourth-order valence-electron chi connectivity index (χ4n) is 10.8. The van der Waals surface area contributed by atoms with E-state index < -0.39 is 97.5 Å². The van der Waals surface area contributed by atoms with Crippen LogP contribution in [-0.2, 0) is 65.4 Å². The molecule has 0 heterocycles. The van der Waals surface area contributed by atoms with Crippen molar-refractivity contribution in [1.29, 1.82) is 0 Å². The monoisotopic (exact) mass is 1340 g/mol. The van der Waals surface area contributed by atoms with Crippen LogP contribution in [0.4, 0.5) is 0 Å². The van der Waals surface area contributed by atoms with Gasteiger partial charge in [-0.1, -0.05) is 306 Å². The smallest absolute Gasteiger partial charge is 0.462 e. The second kappa shape index (κ2) is 61.6. The van der Waals surface area contributed by atoms with Crippen LogP contribution in [0.5, 0.6) is 0 Å². The van der Waals surface area contributed by atoms with Gasteiger partial charge in [0.1, 0.15) is 19.3 Å². The van der Waals surface area contributed by atoms with E-state index in [1.54, 1.807) is 0 Å². The second-order valence-corrected chi connectivity index (χ2v) is 30.8. The predicted octanol–water partition coefficient (Wildman–Crippen LogP) is 20.5. The molecule has 19 heteroatoms. The number of carbonyl (C=O) groups is 4. The average molecular weight is 1340 g/mol. The van der Waals surface area contributed by atoms with Crippen molar-refractivity contribution in [3.8, 4) is 0 Å². The number of ether oxygens (including phenoxy) is 4. The molecule has 0 rings (SSSR count). The molecule has 0 aromatic heterocycles. The SMILES string of the molecule is CC(C)CCCCCCCCCCCCCCCCCCCCC(=O)OC[C@H](COP(=O)(O)OCC(O)COP(=O)(O)OC[C@@H](COC(=O)CCCCCCCCCCC(C)C)OC(=O)CCCCCCCCCC(C)C)OC(=O)CCCCCCCCC(C)C. The summed E-state index contributed by atoms with van der Waals surface area (Å²) < 4.78 is 68.2. The number of aliphatic hydroxyl groups excluding tert-OH is 1. The maximum Gasteiger partial charge on any atom is 0.472 e. The van der Waals surface area contributed by atoms with Crippen LogP contribution in [0.15, 0.2) is 0 Å². The summed E-state index contributed by atoms with van der Waals surface area (Å²) in [7, 11) is -9.90. The molecule has 3 N–H and O–H groups in total. The molecule has 91 heavy (non-hydrogen) atoms. The molecule has 3 unspecified atom stereocenters. The van der Waals surface area contributed by atoms with Crippen molar-refractivity contribution in [2.24, 2.45) is 23.7 Å². The zero-order chi connectivity index (χ0) is 67.5. The first-order valence-corrected chi connectivity index (χ1v) is 40.2. The van der Waals surface area contributed by atoms with Crippen LogP contribution in [-0.4, -0.2) is 96.7 Å². The minimum atomic E-state index is -4.95. The van der Waals surface area contributed by atoms with Gasteiger partial charge in [0.05, 0.1) is 26.4 Å². The van der Waals surface area contributed by atoms with E-state index in [4.69, 9.17) is 37.0 Å². The van der Waals surface area contributed by atoms with Crippen molar-refractivity contribution in [3.05, 3.63) is 0 Å². The summed E-state index contributed by atoms with van der Waals surface area (Å²) in [6.45, 7) is 14.0. The largest absolute Gasteiger partial charge is 0.472 e. The van der Waals surface area contributed by atoms with E-state index in [9.17, 15) is 43.2 Å².